The fourth-order valence-corrected chi connectivity index (χ4v) is 1.90. The van der Waals surface area contributed by atoms with Crippen molar-refractivity contribution in [3.8, 4) is 0 Å². The maximum absolute atomic E-state index is 5.38. The van der Waals surface area contributed by atoms with Gasteiger partial charge in [-0.1, -0.05) is 11.3 Å². The van der Waals surface area contributed by atoms with Crippen molar-refractivity contribution in [2.75, 3.05) is 12.4 Å². The van der Waals surface area contributed by atoms with Gasteiger partial charge >= 0.3 is 0 Å². The van der Waals surface area contributed by atoms with Crippen molar-refractivity contribution in [2.45, 2.75) is 11.1 Å². The van der Waals surface area contributed by atoms with E-state index in [2.05, 4.69) is 10.3 Å². The van der Waals surface area contributed by atoms with E-state index in [9.17, 15) is 0 Å². The monoisotopic (exact) mass is 175 g/mol. The number of nitrogens with two attached hydrogens (primary N) is 1. The minimum absolute atomic E-state index is 0.922. The Hall–Kier alpha value is -0.260. The summed E-state index contributed by atoms with van der Waals surface area (Å²) >= 11 is 2.82. The van der Waals surface area contributed by atoms with E-state index >= 15 is 0 Å². The molecule has 0 aromatic carbocycles. The average molecular weight is 175 g/mol. The lowest BCUT2D eigenvalue weighted by Gasteiger charge is -1.85. The van der Waals surface area contributed by atoms with Crippen LogP contribution in [0, 0.1) is 6.92 Å². The second-order valence-electron chi connectivity index (χ2n) is 1.76. The molecule has 0 saturated carbocycles. The molecule has 0 spiro atoms. The van der Waals surface area contributed by atoms with Gasteiger partial charge in [0.25, 0.3) is 0 Å². The summed E-state index contributed by atoms with van der Waals surface area (Å²) in [6.45, 7) is 1.95. The zero-order valence-corrected chi connectivity index (χ0v) is 7.47. The normalized spacial score (nSPS) is 9.90. The first kappa shape index (κ1) is 7.84. The summed E-state index contributed by atoms with van der Waals surface area (Å²) in [6, 6.07) is 0. The molecule has 0 bridgehead atoms. The molecular weight excluding hydrogens is 166 g/mol. The van der Waals surface area contributed by atoms with Crippen LogP contribution < -0.4 is 10.5 Å². The largest absolute Gasteiger partial charge is 0.365 e. The standard InChI is InChI=1S/C5H9N3S2/c1-3-4(10-6)9-5(7-2)8-3/h6H2,1-2H3,(H,7,8). The minimum Gasteiger partial charge on any atom is -0.365 e. The second kappa shape index (κ2) is 3.23. The lowest BCUT2D eigenvalue weighted by Crippen LogP contribution is -1.84. The number of aromatic nitrogens is 1. The summed E-state index contributed by atoms with van der Waals surface area (Å²) in [5.41, 5.74) is 1.00. The number of thiazole rings is 1. The number of anilines is 1. The highest BCUT2D eigenvalue weighted by Crippen LogP contribution is 2.28. The van der Waals surface area contributed by atoms with Crippen molar-refractivity contribution in [2.24, 2.45) is 5.14 Å². The second-order valence-corrected chi connectivity index (χ2v) is 3.66. The molecule has 10 heavy (non-hydrogen) atoms. The van der Waals surface area contributed by atoms with Crippen LogP contribution in [-0.2, 0) is 0 Å². The fraction of sp³-hybridized carbons (Fsp3) is 0.400. The molecule has 0 aliphatic carbocycles. The van der Waals surface area contributed by atoms with Crippen LogP contribution in [0.3, 0.4) is 0 Å². The van der Waals surface area contributed by atoms with Crippen molar-refractivity contribution in [1.82, 2.24) is 4.98 Å². The van der Waals surface area contributed by atoms with Crippen LogP contribution >= 0.6 is 23.3 Å². The smallest absolute Gasteiger partial charge is 0.183 e. The molecule has 3 nitrogen and oxygen atoms in total. The molecule has 1 aromatic rings. The van der Waals surface area contributed by atoms with E-state index in [1.165, 1.54) is 11.9 Å². The summed E-state index contributed by atoms with van der Waals surface area (Å²) < 4.78 is 1.07. The minimum atomic E-state index is 0.922. The van der Waals surface area contributed by atoms with Crippen LogP contribution in [0.5, 0.6) is 0 Å². The molecule has 5 heteroatoms. The summed E-state index contributed by atoms with van der Waals surface area (Å²) in [5, 5.41) is 9.26. The van der Waals surface area contributed by atoms with Gasteiger partial charge in [0.15, 0.2) is 5.13 Å². The molecule has 0 atom stereocenters. The van der Waals surface area contributed by atoms with Gasteiger partial charge in [-0.3, -0.25) is 5.14 Å². The maximum Gasteiger partial charge on any atom is 0.183 e. The van der Waals surface area contributed by atoms with E-state index < -0.39 is 0 Å². The van der Waals surface area contributed by atoms with Crippen LogP contribution in [-0.4, -0.2) is 12.0 Å². The van der Waals surface area contributed by atoms with Gasteiger partial charge in [-0.05, 0) is 18.9 Å². The topological polar surface area (TPSA) is 50.9 Å². The Morgan fingerprint density at radius 2 is 2.40 bits per heavy atom. The third-order valence-corrected chi connectivity index (χ3v) is 3.09. The fourth-order valence-electron chi connectivity index (χ4n) is 0.599. The number of hydrogen-bond donors (Lipinski definition) is 2. The van der Waals surface area contributed by atoms with E-state index in [4.69, 9.17) is 5.14 Å². The highest BCUT2D eigenvalue weighted by Gasteiger charge is 2.03. The molecule has 0 aliphatic rings. The van der Waals surface area contributed by atoms with Gasteiger partial charge in [-0.2, -0.15) is 0 Å². The average Bonchev–Trinajstić information content (AvgIpc) is 2.30. The predicted octanol–water partition coefficient (Wildman–Crippen LogP) is 1.46. The number of aryl methyl sites for hydroxylation is 1. The first-order valence-electron chi connectivity index (χ1n) is 2.80. The Kier molecular flexibility index (Phi) is 2.53. The maximum atomic E-state index is 5.38. The van der Waals surface area contributed by atoms with Crippen LogP contribution in [0.2, 0.25) is 0 Å². The lowest BCUT2D eigenvalue weighted by molar-refractivity contribution is 1.20. The molecule has 0 fully saturated rings. The molecule has 56 valence electrons. The van der Waals surface area contributed by atoms with Gasteiger partial charge in [0.2, 0.25) is 0 Å². The Morgan fingerprint density at radius 3 is 2.70 bits per heavy atom. The first-order valence-corrected chi connectivity index (χ1v) is 4.49. The van der Waals surface area contributed by atoms with E-state index in [0.717, 1.165) is 15.0 Å². The molecule has 3 N–H and O–H groups in total. The van der Waals surface area contributed by atoms with Crippen molar-refractivity contribution in [1.29, 1.82) is 0 Å². The van der Waals surface area contributed by atoms with Crippen LogP contribution in [0.4, 0.5) is 5.13 Å². The van der Waals surface area contributed by atoms with Crippen molar-refractivity contribution in [3.05, 3.63) is 5.69 Å². The van der Waals surface area contributed by atoms with Gasteiger partial charge in [0.1, 0.15) is 0 Å². The summed E-state index contributed by atoms with van der Waals surface area (Å²) in [4.78, 5) is 4.21. The highest BCUT2D eigenvalue weighted by molar-refractivity contribution is 7.99. The van der Waals surface area contributed by atoms with Gasteiger partial charge in [0.05, 0.1) is 9.90 Å². The van der Waals surface area contributed by atoms with Gasteiger partial charge in [0, 0.05) is 7.05 Å². The summed E-state index contributed by atoms with van der Waals surface area (Å²) in [5.74, 6) is 0. The molecule has 0 amide bonds. The lowest BCUT2D eigenvalue weighted by atomic mass is 10.6. The first-order chi connectivity index (χ1) is 4.77. The molecular formula is C5H9N3S2. The number of hydrogen-bond acceptors (Lipinski definition) is 5. The predicted molar refractivity (Wildman–Crippen MR) is 46.4 cm³/mol. The number of nitrogens with one attached hydrogen (secondary N) is 1. The third-order valence-electron chi connectivity index (χ3n) is 1.07. The zero-order valence-electron chi connectivity index (χ0n) is 5.84. The summed E-state index contributed by atoms with van der Waals surface area (Å²) in [7, 11) is 1.85. The molecule has 0 radical (unpaired) electrons. The van der Waals surface area contributed by atoms with Crippen LogP contribution in [0.25, 0.3) is 0 Å². The third kappa shape index (κ3) is 1.42. The molecule has 1 aromatic heterocycles. The number of nitrogens with zero attached hydrogens (tertiary/aromatic N) is 1. The van der Waals surface area contributed by atoms with Gasteiger partial charge in [-0.25, -0.2) is 4.98 Å². The van der Waals surface area contributed by atoms with E-state index in [0.29, 0.717) is 0 Å². The molecule has 0 aliphatic heterocycles. The zero-order chi connectivity index (χ0) is 7.56. The Balaban J connectivity index is 2.92. The van der Waals surface area contributed by atoms with E-state index in [-0.39, 0.29) is 0 Å². The van der Waals surface area contributed by atoms with Gasteiger partial charge in [-0.15, -0.1) is 0 Å². The Labute approximate surface area is 68.2 Å². The van der Waals surface area contributed by atoms with Crippen molar-refractivity contribution >= 4 is 28.4 Å². The van der Waals surface area contributed by atoms with Crippen LogP contribution in [0.15, 0.2) is 4.21 Å². The molecule has 1 rings (SSSR count). The highest BCUT2D eigenvalue weighted by atomic mass is 32.2. The van der Waals surface area contributed by atoms with Crippen molar-refractivity contribution < 1.29 is 0 Å². The molecule has 0 unspecified atom stereocenters. The molecule has 1 heterocycles. The van der Waals surface area contributed by atoms with Crippen molar-refractivity contribution in [3.63, 3.8) is 0 Å². The van der Waals surface area contributed by atoms with E-state index in [1.54, 1.807) is 11.3 Å². The SMILES string of the molecule is CNc1nc(C)c(SN)s1. The van der Waals surface area contributed by atoms with Crippen LogP contribution in [0.1, 0.15) is 5.69 Å². The Morgan fingerprint density at radius 1 is 1.70 bits per heavy atom. The molecule has 0 saturated heterocycles. The van der Waals surface area contributed by atoms with Gasteiger partial charge < -0.3 is 5.32 Å². The quantitative estimate of drug-likeness (QED) is 0.668. The van der Waals surface area contributed by atoms with E-state index in [1.807, 2.05) is 14.0 Å². The number of rotatable bonds is 2. The Bertz CT molecular complexity index is 221. The summed E-state index contributed by atoms with van der Waals surface area (Å²) in [6.07, 6.45) is 0.